The van der Waals surface area contributed by atoms with Gasteiger partial charge in [0.2, 0.25) is 0 Å². The summed E-state index contributed by atoms with van der Waals surface area (Å²) >= 11 is 0. The van der Waals surface area contributed by atoms with Crippen molar-refractivity contribution < 1.29 is 19.0 Å². The second kappa shape index (κ2) is 23.1. The molecule has 4 aromatic carbocycles. The van der Waals surface area contributed by atoms with Gasteiger partial charge < -0.3 is 10.2 Å². The zero-order chi connectivity index (χ0) is 46.4. The van der Waals surface area contributed by atoms with Crippen LogP contribution in [0.1, 0.15) is 170 Å². The molecule has 1 aromatic heterocycles. The number of aliphatic hydroxyl groups excluding tert-OH is 2. The Bertz CT molecular complexity index is 2030. The minimum Gasteiger partial charge on any atom is -0.392 e. The number of aliphatic hydroxyl groups is 2. The summed E-state index contributed by atoms with van der Waals surface area (Å²) in [6.45, 7) is 39.9. The lowest BCUT2D eigenvalue weighted by Crippen LogP contribution is -2.12. The highest BCUT2D eigenvalue weighted by atomic mass is 19.1. The number of hydrogen-bond acceptors (Lipinski definition) is 3. The van der Waals surface area contributed by atoms with Crippen LogP contribution in [0.15, 0.2) is 91.3 Å². The number of aryl methyl sites for hydroxylation is 5. The maximum absolute atomic E-state index is 13.5. The Morgan fingerprint density at radius 1 is 0.500 bits per heavy atom. The maximum Gasteiger partial charge on any atom is 0.129 e. The maximum atomic E-state index is 13.5. The highest BCUT2D eigenvalue weighted by Crippen LogP contribution is 2.27. The van der Waals surface area contributed by atoms with Crippen LogP contribution in [0.4, 0.5) is 8.78 Å². The molecule has 3 nitrogen and oxygen atoms in total. The third kappa shape index (κ3) is 19.0. The van der Waals surface area contributed by atoms with E-state index in [1.807, 2.05) is 72.1 Å². The number of benzene rings is 4. The lowest BCUT2D eigenvalue weighted by molar-refractivity contribution is 0.274. The van der Waals surface area contributed by atoms with Gasteiger partial charge in [0, 0.05) is 18.0 Å². The fraction of sp³-hybridized carbons (Fsp3) is 0.473. The van der Waals surface area contributed by atoms with E-state index in [9.17, 15) is 8.78 Å². The molecule has 5 aromatic rings. The molecule has 0 aliphatic rings. The zero-order valence-electron chi connectivity index (χ0n) is 40.7. The van der Waals surface area contributed by atoms with Gasteiger partial charge in [0.1, 0.15) is 11.6 Å². The highest BCUT2D eigenvalue weighted by Gasteiger charge is 2.18. The van der Waals surface area contributed by atoms with Crippen LogP contribution in [-0.2, 0) is 34.9 Å². The van der Waals surface area contributed by atoms with Crippen molar-refractivity contribution in [1.29, 1.82) is 0 Å². The zero-order valence-corrected chi connectivity index (χ0v) is 40.7. The Hall–Kier alpha value is -4.19. The van der Waals surface area contributed by atoms with E-state index in [0.29, 0.717) is 11.5 Å². The first-order valence-corrected chi connectivity index (χ1v) is 21.3. The molecule has 5 rings (SSSR count). The third-order valence-corrected chi connectivity index (χ3v) is 10.2. The Balaban J connectivity index is 0.000000377. The van der Waals surface area contributed by atoms with Crippen LogP contribution in [0.5, 0.6) is 0 Å². The molecule has 0 radical (unpaired) electrons. The van der Waals surface area contributed by atoms with Gasteiger partial charge in [-0.1, -0.05) is 163 Å². The molecule has 0 saturated carbocycles. The van der Waals surface area contributed by atoms with Gasteiger partial charge in [0.05, 0.1) is 13.2 Å². The average Bonchev–Trinajstić information content (AvgIpc) is 3.11. The van der Waals surface area contributed by atoms with Crippen LogP contribution in [0, 0.1) is 46.3 Å². The van der Waals surface area contributed by atoms with Gasteiger partial charge in [-0.2, -0.15) is 0 Å². The minimum absolute atomic E-state index is 0.0346. The molecule has 0 bridgehead atoms. The predicted molar refractivity (Wildman–Crippen MR) is 254 cm³/mol. The van der Waals surface area contributed by atoms with E-state index >= 15 is 0 Å². The summed E-state index contributed by atoms with van der Waals surface area (Å²) in [5.74, 6) is 0.206. The highest BCUT2D eigenvalue weighted by molar-refractivity contribution is 5.36. The van der Waals surface area contributed by atoms with Crippen LogP contribution < -0.4 is 0 Å². The van der Waals surface area contributed by atoms with Crippen molar-refractivity contribution in [2.45, 2.75) is 172 Å². The van der Waals surface area contributed by atoms with Crippen molar-refractivity contribution in [3.63, 3.8) is 0 Å². The van der Waals surface area contributed by atoms with E-state index in [2.05, 4.69) is 137 Å². The van der Waals surface area contributed by atoms with E-state index < -0.39 is 0 Å². The molecule has 5 heteroatoms. The van der Waals surface area contributed by atoms with Crippen molar-refractivity contribution in [2.75, 3.05) is 0 Å². The van der Waals surface area contributed by atoms with Crippen molar-refractivity contribution >= 4 is 0 Å². The molecule has 1 heterocycles. The molecule has 0 aliphatic carbocycles. The monoisotopic (exact) mass is 824 g/mol. The van der Waals surface area contributed by atoms with Gasteiger partial charge in [-0.25, -0.2) is 8.78 Å². The molecule has 0 fully saturated rings. The molecule has 0 unspecified atom stereocenters. The van der Waals surface area contributed by atoms with E-state index in [-0.39, 0.29) is 46.5 Å². The number of hydrogen-bond donors (Lipinski definition) is 2. The van der Waals surface area contributed by atoms with Gasteiger partial charge in [0.25, 0.3) is 0 Å². The second-order valence-corrected chi connectivity index (χ2v) is 20.5. The van der Waals surface area contributed by atoms with Crippen molar-refractivity contribution in [3.05, 3.63) is 170 Å². The summed E-state index contributed by atoms with van der Waals surface area (Å²) in [6.07, 6.45) is 3.82. The van der Waals surface area contributed by atoms with Crippen LogP contribution in [0.3, 0.4) is 0 Å². The van der Waals surface area contributed by atoms with Crippen LogP contribution in [0.25, 0.3) is 0 Å². The van der Waals surface area contributed by atoms with Crippen LogP contribution >= 0.6 is 0 Å². The molecule has 0 spiro atoms. The molecule has 330 valence electrons. The summed E-state index contributed by atoms with van der Waals surface area (Å²) in [6, 6.07) is 25.8. The smallest absolute Gasteiger partial charge is 0.129 e. The van der Waals surface area contributed by atoms with Gasteiger partial charge in [-0.15, -0.1) is 0 Å². The second-order valence-electron chi connectivity index (χ2n) is 20.5. The summed E-state index contributed by atoms with van der Waals surface area (Å²) in [4.78, 5) is 4.15. The number of pyridine rings is 1. The van der Waals surface area contributed by atoms with Crippen molar-refractivity contribution in [2.24, 2.45) is 0 Å². The number of rotatable bonds is 3. The third-order valence-electron chi connectivity index (χ3n) is 10.2. The number of halogens is 2. The molecular weight excluding hydrogens is 745 g/mol. The van der Waals surface area contributed by atoms with Crippen LogP contribution in [-0.4, -0.2) is 15.2 Å². The summed E-state index contributed by atoms with van der Waals surface area (Å²) < 4.78 is 26.4. The molecule has 2 N–H and O–H groups in total. The standard InChI is InChI=1S/C12H17FO.C12H18O.C11H15F.C10H15N.C10H14/c1-8-5-9(12(2,3)4)6-11(13)10(8)7-14;1-9-7-11(12(2,3)4)6-5-10(9)8-13;1-8-5-9(11(2,3)4)7-10(12)6-8;1-8-5-9(7-11-6-8)10(2,3)4;1-8(2)10-6-4-5-9(3)7-10/h5-6,14H,7H2,1-4H3;5-7,13H,8H2,1-4H3;5-7H,1-4H3;5-7H,1-4H3;4-8H,1-3H3. The molecule has 0 atom stereocenters. The fourth-order valence-electron chi connectivity index (χ4n) is 5.91. The Morgan fingerprint density at radius 2 is 1.02 bits per heavy atom. The summed E-state index contributed by atoms with van der Waals surface area (Å²) in [5.41, 5.74) is 13.5. The molecule has 0 aliphatic heterocycles. The predicted octanol–water partition coefficient (Wildman–Crippen LogP) is 14.9. The van der Waals surface area contributed by atoms with Gasteiger partial charge in [-0.05, 0) is 136 Å². The van der Waals surface area contributed by atoms with Gasteiger partial charge >= 0.3 is 0 Å². The minimum atomic E-state index is -0.308. The molecule has 0 saturated heterocycles. The quantitative estimate of drug-likeness (QED) is 0.191. The lowest BCUT2D eigenvalue weighted by Gasteiger charge is -2.20. The largest absolute Gasteiger partial charge is 0.392 e. The van der Waals surface area contributed by atoms with Crippen LogP contribution in [0.2, 0.25) is 0 Å². The molecular formula is C55H79F2NO2. The number of nitrogens with zero attached hydrogens (tertiary/aromatic N) is 1. The molecule has 0 amide bonds. The van der Waals surface area contributed by atoms with E-state index in [1.165, 1.54) is 39.4 Å². The summed E-state index contributed by atoms with van der Waals surface area (Å²) in [5, 5.41) is 18.0. The summed E-state index contributed by atoms with van der Waals surface area (Å²) in [7, 11) is 0. The first-order chi connectivity index (χ1) is 27.4. The number of aromatic nitrogens is 1. The first-order valence-electron chi connectivity index (χ1n) is 21.3. The topological polar surface area (TPSA) is 53.4 Å². The van der Waals surface area contributed by atoms with Gasteiger partial charge in [-0.3, -0.25) is 4.98 Å². The SMILES string of the molecule is Cc1cc(C(C)(C)C)cc(F)c1CO.Cc1cc(C(C)(C)C)ccc1CO.Cc1cc(F)cc(C(C)(C)C)c1.Cc1cccc(C(C)C)c1.Cc1cncc(C(C)(C)C)c1. The van der Waals surface area contributed by atoms with E-state index in [0.717, 1.165) is 27.8 Å². The Labute approximate surface area is 364 Å². The Morgan fingerprint density at radius 3 is 1.40 bits per heavy atom. The molecule has 60 heavy (non-hydrogen) atoms. The normalized spacial score (nSPS) is 11.5. The fourth-order valence-corrected chi connectivity index (χ4v) is 5.91. The van der Waals surface area contributed by atoms with Crippen molar-refractivity contribution in [1.82, 2.24) is 4.98 Å². The lowest BCUT2D eigenvalue weighted by atomic mass is 9.85. The first kappa shape index (κ1) is 53.8. The Kier molecular flexibility index (Phi) is 20.8. The van der Waals surface area contributed by atoms with E-state index in [1.54, 1.807) is 12.1 Å². The van der Waals surface area contributed by atoms with Gasteiger partial charge in [0.15, 0.2) is 0 Å². The van der Waals surface area contributed by atoms with Crippen molar-refractivity contribution in [3.8, 4) is 0 Å². The average molecular weight is 824 g/mol. The van der Waals surface area contributed by atoms with E-state index in [4.69, 9.17) is 10.2 Å².